The lowest BCUT2D eigenvalue weighted by molar-refractivity contribution is 0.110. The summed E-state index contributed by atoms with van der Waals surface area (Å²) in [7, 11) is 7.69. The molecule has 2 rings (SSSR count). The van der Waals surface area contributed by atoms with Crippen molar-refractivity contribution >= 4 is 13.3 Å². The third kappa shape index (κ3) is 2.96. The van der Waals surface area contributed by atoms with Crippen molar-refractivity contribution in [3.8, 4) is 5.88 Å². The smallest absolute Gasteiger partial charge is 0.213 e. The molecule has 0 unspecified atom stereocenters. The van der Waals surface area contributed by atoms with Crippen LogP contribution in [0.25, 0.3) is 0 Å². The predicted molar refractivity (Wildman–Crippen MR) is 60.8 cm³/mol. The first-order valence-electron chi connectivity index (χ1n) is 5.31. The molecule has 3 nitrogen and oxygen atoms in total. The first kappa shape index (κ1) is 10.5. The van der Waals surface area contributed by atoms with Gasteiger partial charge in [0.15, 0.2) is 0 Å². The molecule has 1 aliphatic rings. The highest BCUT2D eigenvalue weighted by atomic mass is 16.5. The molecular formula is C11H15BN2O. The Morgan fingerprint density at radius 1 is 1.40 bits per heavy atom. The van der Waals surface area contributed by atoms with Gasteiger partial charge in [-0.25, -0.2) is 4.98 Å². The van der Waals surface area contributed by atoms with E-state index in [0.29, 0.717) is 17.4 Å². The van der Waals surface area contributed by atoms with Crippen LogP contribution in [0.1, 0.15) is 12.8 Å². The molecule has 1 aromatic rings. The molecule has 0 N–H and O–H groups in total. The van der Waals surface area contributed by atoms with E-state index in [9.17, 15) is 0 Å². The monoisotopic (exact) mass is 202 g/mol. The van der Waals surface area contributed by atoms with Crippen LogP contribution in [-0.4, -0.2) is 44.0 Å². The summed E-state index contributed by atoms with van der Waals surface area (Å²) in [6.07, 6.45) is 4.08. The number of hydrogen-bond donors (Lipinski definition) is 0. The molecule has 1 saturated heterocycles. The van der Waals surface area contributed by atoms with E-state index >= 15 is 0 Å². The number of likely N-dealkylation sites (tertiary alicyclic amines) is 1. The van der Waals surface area contributed by atoms with Gasteiger partial charge in [0.25, 0.3) is 0 Å². The zero-order valence-electron chi connectivity index (χ0n) is 9.02. The van der Waals surface area contributed by atoms with Crippen LogP contribution in [0, 0.1) is 0 Å². The van der Waals surface area contributed by atoms with Crippen molar-refractivity contribution in [1.29, 1.82) is 0 Å². The number of nitrogens with zero attached hydrogens (tertiary/aromatic N) is 2. The second-order valence-electron chi connectivity index (χ2n) is 4.05. The van der Waals surface area contributed by atoms with Crippen molar-refractivity contribution in [3.63, 3.8) is 0 Å². The lowest BCUT2D eigenvalue weighted by Gasteiger charge is -2.28. The van der Waals surface area contributed by atoms with E-state index in [4.69, 9.17) is 12.6 Å². The molecule has 1 fully saturated rings. The van der Waals surface area contributed by atoms with Gasteiger partial charge in [-0.1, -0.05) is 11.5 Å². The Hall–Kier alpha value is -1.03. The van der Waals surface area contributed by atoms with Gasteiger partial charge in [-0.05, 0) is 26.0 Å². The first-order chi connectivity index (χ1) is 7.24. The molecule has 78 valence electrons. The van der Waals surface area contributed by atoms with Gasteiger partial charge in [0.1, 0.15) is 14.0 Å². The summed E-state index contributed by atoms with van der Waals surface area (Å²) in [6.45, 7) is 2.19. The van der Waals surface area contributed by atoms with Crippen LogP contribution < -0.4 is 10.2 Å². The molecule has 0 atom stereocenters. The van der Waals surface area contributed by atoms with E-state index in [2.05, 4.69) is 16.9 Å². The van der Waals surface area contributed by atoms with E-state index in [1.54, 1.807) is 6.20 Å². The van der Waals surface area contributed by atoms with Gasteiger partial charge in [0.2, 0.25) is 5.88 Å². The average Bonchev–Trinajstić information content (AvgIpc) is 2.25. The molecule has 0 aliphatic carbocycles. The van der Waals surface area contributed by atoms with Crippen LogP contribution in [0.2, 0.25) is 0 Å². The average molecular weight is 202 g/mol. The molecule has 15 heavy (non-hydrogen) atoms. The maximum Gasteiger partial charge on any atom is 0.213 e. The number of hydrogen-bond acceptors (Lipinski definition) is 3. The molecule has 2 radical (unpaired) electrons. The minimum atomic E-state index is 0.303. The van der Waals surface area contributed by atoms with Gasteiger partial charge < -0.3 is 9.64 Å². The largest absolute Gasteiger partial charge is 0.474 e. The van der Waals surface area contributed by atoms with Crippen LogP contribution in [-0.2, 0) is 0 Å². The van der Waals surface area contributed by atoms with E-state index < -0.39 is 0 Å². The fourth-order valence-electron chi connectivity index (χ4n) is 1.73. The molecule has 0 spiro atoms. The normalized spacial score (nSPS) is 19.0. The van der Waals surface area contributed by atoms with Gasteiger partial charge in [0, 0.05) is 19.3 Å². The lowest BCUT2D eigenvalue weighted by Crippen LogP contribution is -2.35. The Morgan fingerprint density at radius 2 is 2.13 bits per heavy atom. The third-order valence-corrected chi connectivity index (χ3v) is 2.71. The summed E-state index contributed by atoms with van der Waals surface area (Å²) in [5, 5.41) is 0. The minimum absolute atomic E-state index is 0.303. The van der Waals surface area contributed by atoms with Gasteiger partial charge in [0.05, 0.1) is 0 Å². The summed E-state index contributed by atoms with van der Waals surface area (Å²) in [4.78, 5) is 6.45. The predicted octanol–water partition coefficient (Wildman–Crippen LogP) is 0.348. The fourth-order valence-corrected chi connectivity index (χ4v) is 1.73. The number of rotatable bonds is 2. The maximum absolute atomic E-state index is 5.77. The number of ether oxygens (including phenoxy) is 1. The Balaban J connectivity index is 1.89. The van der Waals surface area contributed by atoms with Crippen molar-refractivity contribution in [1.82, 2.24) is 9.88 Å². The molecule has 0 aromatic carbocycles. The first-order valence-corrected chi connectivity index (χ1v) is 5.31. The molecule has 2 heterocycles. The SMILES string of the molecule is [B]c1ccc(OC2CCN(C)CC2)nc1. The van der Waals surface area contributed by atoms with Crippen molar-refractivity contribution in [2.45, 2.75) is 18.9 Å². The van der Waals surface area contributed by atoms with Crippen LogP contribution in [0.3, 0.4) is 0 Å². The Labute approximate surface area is 91.9 Å². The van der Waals surface area contributed by atoms with Gasteiger partial charge in [-0.3, -0.25) is 0 Å². The molecule has 4 heteroatoms. The molecule has 0 saturated carbocycles. The zero-order valence-corrected chi connectivity index (χ0v) is 9.02. The highest BCUT2D eigenvalue weighted by molar-refractivity contribution is 6.32. The Bertz CT molecular complexity index is 307. The van der Waals surface area contributed by atoms with Gasteiger partial charge in [-0.15, -0.1) is 0 Å². The Kier molecular flexibility index (Phi) is 3.26. The summed E-state index contributed by atoms with van der Waals surface area (Å²) in [6, 6.07) is 3.64. The van der Waals surface area contributed by atoms with Crippen LogP contribution >= 0.6 is 0 Å². The minimum Gasteiger partial charge on any atom is -0.474 e. The highest BCUT2D eigenvalue weighted by Gasteiger charge is 2.18. The van der Waals surface area contributed by atoms with Crippen molar-refractivity contribution < 1.29 is 4.74 Å². The zero-order chi connectivity index (χ0) is 10.7. The summed E-state index contributed by atoms with van der Waals surface area (Å²) in [5.41, 5.74) is 0.672. The van der Waals surface area contributed by atoms with Crippen molar-refractivity contribution in [2.24, 2.45) is 0 Å². The summed E-state index contributed by atoms with van der Waals surface area (Å²) in [5.74, 6) is 0.679. The molecule has 0 bridgehead atoms. The van der Waals surface area contributed by atoms with Crippen LogP contribution in [0.15, 0.2) is 18.3 Å². The van der Waals surface area contributed by atoms with Crippen molar-refractivity contribution in [2.75, 3.05) is 20.1 Å². The number of pyridine rings is 1. The fraction of sp³-hybridized carbons (Fsp3) is 0.545. The molecule has 1 aliphatic heterocycles. The number of aromatic nitrogens is 1. The van der Waals surface area contributed by atoms with Crippen molar-refractivity contribution in [3.05, 3.63) is 18.3 Å². The van der Waals surface area contributed by atoms with Gasteiger partial charge >= 0.3 is 0 Å². The quantitative estimate of drug-likeness (QED) is 0.647. The molecule has 0 amide bonds. The lowest BCUT2D eigenvalue weighted by atomic mass is 9.99. The highest BCUT2D eigenvalue weighted by Crippen LogP contribution is 2.15. The maximum atomic E-state index is 5.77. The Morgan fingerprint density at radius 3 is 2.73 bits per heavy atom. The van der Waals surface area contributed by atoms with Crippen LogP contribution in [0.4, 0.5) is 0 Å². The topological polar surface area (TPSA) is 25.4 Å². The number of piperidine rings is 1. The molecular weight excluding hydrogens is 187 g/mol. The molecule has 1 aromatic heterocycles. The van der Waals surface area contributed by atoms with E-state index in [1.165, 1.54) is 0 Å². The van der Waals surface area contributed by atoms with Crippen LogP contribution in [0.5, 0.6) is 5.88 Å². The standard InChI is InChI=1S/C11H15BN2O/c1-14-6-4-10(5-7-14)15-11-3-2-9(12)8-13-11/h2-3,8,10H,4-7H2,1H3. The third-order valence-electron chi connectivity index (χ3n) is 2.71. The second-order valence-corrected chi connectivity index (χ2v) is 4.05. The van der Waals surface area contributed by atoms with Gasteiger partial charge in [-0.2, -0.15) is 0 Å². The second kappa shape index (κ2) is 4.66. The van der Waals surface area contributed by atoms with E-state index in [-0.39, 0.29) is 0 Å². The van der Waals surface area contributed by atoms with E-state index in [1.807, 2.05) is 12.1 Å². The summed E-state index contributed by atoms with van der Waals surface area (Å²) < 4.78 is 5.77. The summed E-state index contributed by atoms with van der Waals surface area (Å²) >= 11 is 0. The van der Waals surface area contributed by atoms with E-state index in [0.717, 1.165) is 25.9 Å².